The van der Waals surface area contributed by atoms with E-state index in [1.165, 1.54) is 16.7 Å². The topological polar surface area (TPSA) is 35.2 Å². The third-order valence-electron chi connectivity index (χ3n) is 3.56. The molecule has 0 amide bonds. The second kappa shape index (κ2) is 4.83. The van der Waals surface area contributed by atoms with Gasteiger partial charge in [0.25, 0.3) is 0 Å². The van der Waals surface area contributed by atoms with Crippen LogP contribution in [-0.4, -0.2) is 6.54 Å². The van der Waals surface area contributed by atoms with Crippen LogP contribution in [0.25, 0.3) is 0 Å². The molecule has 0 radical (unpaired) electrons. The fourth-order valence-electron chi connectivity index (χ4n) is 2.42. The van der Waals surface area contributed by atoms with Gasteiger partial charge in [0.15, 0.2) is 0 Å². The molecule has 0 saturated heterocycles. The molecule has 0 aromatic heterocycles. The highest BCUT2D eigenvalue weighted by Crippen LogP contribution is 2.36. The highest BCUT2D eigenvalue weighted by atomic mass is 16.5. The fourth-order valence-corrected chi connectivity index (χ4v) is 2.42. The van der Waals surface area contributed by atoms with Gasteiger partial charge in [0.1, 0.15) is 12.4 Å². The molecule has 3 rings (SSSR count). The first-order valence-corrected chi connectivity index (χ1v) is 6.36. The summed E-state index contributed by atoms with van der Waals surface area (Å²) in [4.78, 5) is 0. The fraction of sp³-hybridized carbons (Fsp3) is 0.250. The molecule has 0 aliphatic heterocycles. The van der Waals surface area contributed by atoms with Crippen LogP contribution in [0.1, 0.15) is 22.6 Å². The lowest BCUT2D eigenvalue weighted by Crippen LogP contribution is -2.24. The SMILES string of the molecule is NCC1Cc2ccc(OCc3ccccc3)cc21. The molecule has 1 atom stereocenters. The number of hydrogen-bond donors (Lipinski definition) is 1. The van der Waals surface area contributed by atoms with Gasteiger partial charge in [-0.2, -0.15) is 0 Å². The minimum Gasteiger partial charge on any atom is -0.489 e. The van der Waals surface area contributed by atoms with E-state index < -0.39 is 0 Å². The first-order valence-electron chi connectivity index (χ1n) is 6.36. The van der Waals surface area contributed by atoms with Gasteiger partial charge in [-0.3, -0.25) is 0 Å². The van der Waals surface area contributed by atoms with Crippen molar-refractivity contribution in [2.75, 3.05) is 6.54 Å². The highest BCUT2D eigenvalue weighted by molar-refractivity contribution is 5.45. The van der Waals surface area contributed by atoms with Crippen molar-refractivity contribution < 1.29 is 4.74 Å². The van der Waals surface area contributed by atoms with Crippen molar-refractivity contribution in [3.05, 3.63) is 65.2 Å². The Balaban J connectivity index is 1.69. The third-order valence-corrected chi connectivity index (χ3v) is 3.56. The van der Waals surface area contributed by atoms with Crippen LogP contribution in [0.15, 0.2) is 48.5 Å². The van der Waals surface area contributed by atoms with E-state index in [4.69, 9.17) is 10.5 Å². The van der Waals surface area contributed by atoms with Crippen molar-refractivity contribution in [1.82, 2.24) is 0 Å². The number of ether oxygens (including phenoxy) is 1. The van der Waals surface area contributed by atoms with Crippen LogP contribution in [0, 0.1) is 0 Å². The predicted octanol–water partition coefficient (Wildman–Crippen LogP) is 2.86. The molecule has 18 heavy (non-hydrogen) atoms. The molecule has 2 nitrogen and oxygen atoms in total. The number of nitrogens with two attached hydrogens (primary N) is 1. The van der Waals surface area contributed by atoms with Crippen molar-refractivity contribution in [3.8, 4) is 5.75 Å². The molecule has 2 aromatic rings. The molecule has 0 heterocycles. The summed E-state index contributed by atoms with van der Waals surface area (Å²) in [7, 11) is 0. The molecule has 0 saturated carbocycles. The molecule has 1 aliphatic rings. The van der Waals surface area contributed by atoms with Crippen LogP contribution in [0.5, 0.6) is 5.75 Å². The molecule has 2 heteroatoms. The smallest absolute Gasteiger partial charge is 0.120 e. The van der Waals surface area contributed by atoms with Crippen LogP contribution < -0.4 is 10.5 Å². The second-order valence-electron chi connectivity index (χ2n) is 4.77. The van der Waals surface area contributed by atoms with Gasteiger partial charge in [-0.1, -0.05) is 36.4 Å². The van der Waals surface area contributed by atoms with E-state index in [2.05, 4.69) is 30.3 Å². The average molecular weight is 239 g/mol. The molecule has 92 valence electrons. The normalized spacial score (nSPS) is 16.8. The van der Waals surface area contributed by atoms with Gasteiger partial charge in [-0.15, -0.1) is 0 Å². The monoisotopic (exact) mass is 239 g/mol. The summed E-state index contributed by atoms with van der Waals surface area (Å²) in [5, 5.41) is 0. The lowest BCUT2D eigenvalue weighted by atomic mass is 9.77. The summed E-state index contributed by atoms with van der Waals surface area (Å²) in [6.45, 7) is 1.35. The molecular weight excluding hydrogens is 222 g/mol. The quantitative estimate of drug-likeness (QED) is 0.890. The molecule has 0 bridgehead atoms. The first kappa shape index (κ1) is 11.3. The lowest BCUT2D eigenvalue weighted by molar-refractivity contribution is 0.305. The van der Waals surface area contributed by atoms with Crippen molar-refractivity contribution in [2.45, 2.75) is 18.9 Å². The zero-order valence-electron chi connectivity index (χ0n) is 10.3. The molecule has 2 aromatic carbocycles. The molecule has 0 fully saturated rings. The minimum atomic E-state index is 0.528. The summed E-state index contributed by atoms with van der Waals surface area (Å²) < 4.78 is 5.81. The Hall–Kier alpha value is -1.80. The van der Waals surface area contributed by atoms with Crippen LogP contribution in [-0.2, 0) is 13.0 Å². The number of hydrogen-bond acceptors (Lipinski definition) is 2. The van der Waals surface area contributed by atoms with E-state index in [1.807, 2.05) is 18.2 Å². The number of fused-ring (bicyclic) bond motifs is 1. The van der Waals surface area contributed by atoms with E-state index in [0.29, 0.717) is 12.5 Å². The van der Waals surface area contributed by atoms with E-state index in [-0.39, 0.29) is 0 Å². The van der Waals surface area contributed by atoms with Gasteiger partial charge < -0.3 is 10.5 Å². The Morgan fingerprint density at radius 1 is 1.11 bits per heavy atom. The van der Waals surface area contributed by atoms with Gasteiger partial charge in [0, 0.05) is 5.92 Å². The van der Waals surface area contributed by atoms with Gasteiger partial charge in [0.2, 0.25) is 0 Å². The van der Waals surface area contributed by atoms with Crippen molar-refractivity contribution in [3.63, 3.8) is 0 Å². The van der Waals surface area contributed by atoms with Crippen molar-refractivity contribution in [2.24, 2.45) is 5.73 Å². The summed E-state index contributed by atoms with van der Waals surface area (Å²) >= 11 is 0. The Bertz CT molecular complexity index is 536. The Morgan fingerprint density at radius 3 is 2.72 bits per heavy atom. The van der Waals surface area contributed by atoms with E-state index in [0.717, 1.165) is 18.7 Å². The zero-order chi connectivity index (χ0) is 12.4. The van der Waals surface area contributed by atoms with Gasteiger partial charge >= 0.3 is 0 Å². The van der Waals surface area contributed by atoms with Crippen molar-refractivity contribution >= 4 is 0 Å². The summed E-state index contributed by atoms with van der Waals surface area (Å²) in [6.07, 6.45) is 1.12. The zero-order valence-corrected chi connectivity index (χ0v) is 10.3. The van der Waals surface area contributed by atoms with Crippen molar-refractivity contribution in [1.29, 1.82) is 0 Å². The lowest BCUT2D eigenvalue weighted by Gasteiger charge is -2.29. The summed E-state index contributed by atoms with van der Waals surface area (Å²) in [5.41, 5.74) is 9.69. The maximum absolute atomic E-state index is 5.81. The standard InChI is InChI=1S/C16H17NO/c17-10-14-8-13-6-7-15(9-16(13)14)18-11-12-4-2-1-3-5-12/h1-7,9,14H,8,10-11,17H2. The second-order valence-corrected chi connectivity index (χ2v) is 4.77. The maximum Gasteiger partial charge on any atom is 0.120 e. The first-order chi connectivity index (χ1) is 8.86. The van der Waals surface area contributed by atoms with Crippen LogP contribution in [0.4, 0.5) is 0 Å². The van der Waals surface area contributed by atoms with Gasteiger partial charge in [0.05, 0.1) is 0 Å². The Morgan fingerprint density at radius 2 is 1.94 bits per heavy atom. The van der Waals surface area contributed by atoms with Crippen LogP contribution in [0.2, 0.25) is 0 Å². The molecule has 1 unspecified atom stereocenters. The molecular formula is C16H17NO. The van der Waals surface area contributed by atoms with E-state index in [9.17, 15) is 0 Å². The molecule has 0 spiro atoms. The largest absolute Gasteiger partial charge is 0.489 e. The van der Waals surface area contributed by atoms with Crippen LogP contribution >= 0.6 is 0 Å². The minimum absolute atomic E-state index is 0.528. The highest BCUT2D eigenvalue weighted by Gasteiger charge is 2.24. The van der Waals surface area contributed by atoms with Crippen LogP contribution in [0.3, 0.4) is 0 Å². The molecule has 1 aliphatic carbocycles. The summed E-state index contributed by atoms with van der Waals surface area (Å²) in [6, 6.07) is 16.6. The molecule has 2 N–H and O–H groups in total. The Labute approximate surface area is 107 Å². The van der Waals surface area contributed by atoms with Gasteiger partial charge in [-0.05, 0) is 41.8 Å². The maximum atomic E-state index is 5.81. The average Bonchev–Trinajstić information content (AvgIpc) is 2.40. The third kappa shape index (κ3) is 2.12. The van der Waals surface area contributed by atoms with E-state index in [1.54, 1.807) is 0 Å². The van der Waals surface area contributed by atoms with Gasteiger partial charge in [-0.25, -0.2) is 0 Å². The number of rotatable bonds is 4. The Kier molecular flexibility index (Phi) is 3.03. The van der Waals surface area contributed by atoms with E-state index >= 15 is 0 Å². The predicted molar refractivity (Wildman–Crippen MR) is 72.7 cm³/mol. The summed E-state index contributed by atoms with van der Waals surface area (Å²) in [5.74, 6) is 1.47. The number of benzene rings is 2.